The molecule has 9 heteroatoms. The smallest absolute Gasteiger partial charge is 0.242 e. The standard InChI is InChI=1S/C16H16ClFN2O4S/c1-10(16(21)19-14-6-4-3-5-13(14)18)20-25(22,23)11-7-8-15(24-2)12(17)9-11/h3-10,20H,1-2H3,(H,19,21). The molecule has 0 heterocycles. The lowest BCUT2D eigenvalue weighted by atomic mass is 10.2. The van der Waals surface area contributed by atoms with E-state index >= 15 is 0 Å². The quantitative estimate of drug-likeness (QED) is 0.799. The number of hydrogen-bond acceptors (Lipinski definition) is 4. The van der Waals surface area contributed by atoms with Crippen molar-refractivity contribution in [1.82, 2.24) is 4.72 Å². The summed E-state index contributed by atoms with van der Waals surface area (Å²) in [6, 6.07) is 8.36. The molecule has 2 aromatic rings. The zero-order valence-corrected chi connectivity index (χ0v) is 15.0. The topological polar surface area (TPSA) is 84.5 Å². The fourth-order valence-corrected chi connectivity index (χ4v) is 3.52. The molecule has 0 aliphatic carbocycles. The van der Waals surface area contributed by atoms with Gasteiger partial charge in [-0.2, -0.15) is 4.72 Å². The Labute approximate surface area is 150 Å². The molecule has 0 aromatic heterocycles. The summed E-state index contributed by atoms with van der Waals surface area (Å²) in [5.74, 6) is -0.993. The minimum absolute atomic E-state index is 0.0361. The fraction of sp³-hybridized carbons (Fsp3) is 0.188. The Morgan fingerprint density at radius 2 is 1.92 bits per heavy atom. The number of nitrogens with one attached hydrogen (secondary N) is 2. The van der Waals surface area contributed by atoms with Crippen LogP contribution in [0.2, 0.25) is 5.02 Å². The van der Waals surface area contributed by atoms with Crippen molar-refractivity contribution in [2.75, 3.05) is 12.4 Å². The van der Waals surface area contributed by atoms with Crippen LogP contribution < -0.4 is 14.8 Å². The summed E-state index contributed by atoms with van der Waals surface area (Å²) in [4.78, 5) is 12.0. The van der Waals surface area contributed by atoms with Crippen LogP contribution in [0.1, 0.15) is 6.92 Å². The first-order chi connectivity index (χ1) is 11.7. The Hall–Kier alpha value is -2.16. The van der Waals surface area contributed by atoms with Gasteiger partial charge in [-0.25, -0.2) is 12.8 Å². The van der Waals surface area contributed by atoms with E-state index in [9.17, 15) is 17.6 Å². The van der Waals surface area contributed by atoms with E-state index in [1.807, 2.05) is 0 Å². The Balaban J connectivity index is 2.12. The van der Waals surface area contributed by atoms with Gasteiger partial charge in [-0.05, 0) is 37.3 Å². The van der Waals surface area contributed by atoms with Crippen LogP contribution in [-0.4, -0.2) is 27.5 Å². The zero-order valence-electron chi connectivity index (χ0n) is 13.4. The van der Waals surface area contributed by atoms with Gasteiger partial charge in [0.2, 0.25) is 15.9 Å². The van der Waals surface area contributed by atoms with Crippen LogP contribution in [-0.2, 0) is 14.8 Å². The van der Waals surface area contributed by atoms with Gasteiger partial charge >= 0.3 is 0 Å². The lowest BCUT2D eigenvalue weighted by molar-refractivity contribution is -0.117. The lowest BCUT2D eigenvalue weighted by Gasteiger charge is -2.15. The maximum absolute atomic E-state index is 13.6. The van der Waals surface area contributed by atoms with Gasteiger partial charge in [0.15, 0.2) is 0 Å². The average Bonchev–Trinajstić information content (AvgIpc) is 2.56. The monoisotopic (exact) mass is 386 g/mol. The number of carbonyl (C=O) groups is 1. The molecule has 1 atom stereocenters. The number of anilines is 1. The Kier molecular flexibility index (Phi) is 5.99. The fourth-order valence-electron chi connectivity index (χ4n) is 1.97. The van der Waals surface area contributed by atoms with Gasteiger partial charge in [-0.1, -0.05) is 23.7 Å². The van der Waals surface area contributed by atoms with Crippen LogP contribution in [0.5, 0.6) is 5.75 Å². The molecule has 0 aliphatic rings. The first-order valence-corrected chi connectivity index (χ1v) is 9.02. The highest BCUT2D eigenvalue weighted by Crippen LogP contribution is 2.27. The van der Waals surface area contributed by atoms with E-state index in [0.717, 1.165) is 0 Å². The number of hydrogen-bond donors (Lipinski definition) is 2. The van der Waals surface area contributed by atoms with E-state index in [0.29, 0.717) is 5.75 Å². The number of para-hydroxylation sites is 1. The molecule has 134 valence electrons. The number of benzene rings is 2. The Bertz CT molecular complexity index is 889. The molecule has 25 heavy (non-hydrogen) atoms. The first kappa shape index (κ1) is 19.2. The van der Waals surface area contributed by atoms with Gasteiger partial charge in [0.05, 0.1) is 28.8 Å². The predicted molar refractivity (Wildman–Crippen MR) is 92.8 cm³/mol. The van der Waals surface area contributed by atoms with Crippen molar-refractivity contribution in [3.05, 3.63) is 53.3 Å². The number of halogens is 2. The molecule has 6 nitrogen and oxygen atoms in total. The van der Waals surface area contributed by atoms with Crippen molar-refractivity contribution in [2.45, 2.75) is 17.9 Å². The third-order valence-electron chi connectivity index (χ3n) is 3.29. The van der Waals surface area contributed by atoms with E-state index < -0.39 is 27.8 Å². The van der Waals surface area contributed by atoms with E-state index in [2.05, 4.69) is 10.0 Å². The second-order valence-electron chi connectivity index (χ2n) is 5.11. The third kappa shape index (κ3) is 4.68. The molecule has 0 bridgehead atoms. The van der Waals surface area contributed by atoms with Crippen molar-refractivity contribution in [2.24, 2.45) is 0 Å². The number of sulfonamides is 1. The Morgan fingerprint density at radius 3 is 2.52 bits per heavy atom. The first-order valence-electron chi connectivity index (χ1n) is 7.16. The molecule has 0 aliphatic heterocycles. The van der Waals surface area contributed by atoms with Crippen molar-refractivity contribution in [1.29, 1.82) is 0 Å². The van der Waals surface area contributed by atoms with E-state index in [1.165, 1.54) is 50.4 Å². The minimum Gasteiger partial charge on any atom is -0.495 e. The maximum Gasteiger partial charge on any atom is 0.242 e. The molecule has 1 amide bonds. The molecule has 2 rings (SSSR count). The van der Waals surface area contributed by atoms with Gasteiger partial charge in [0.25, 0.3) is 0 Å². The SMILES string of the molecule is COc1ccc(S(=O)(=O)NC(C)C(=O)Nc2ccccc2F)cc1Cl. The van der Waals surface area contributed by atoms with Crippen LogP contribution in [0.3, 0.4) is 0 Å². The molecule has 0 fully saturated rings. The van der Waals surface area contributed by atoms with E-state index in [1.54, 1.807) is 6.07 Å². The number of methoxy groups -OCH3 is 1. The van der Waals surface area contributed by atoms with Gasteiger partial charge in [-0.15, -0.1) is 0 Å². The summed E-state index contributed by atoms with van der Waals surface area (Å²) >= 11 is 5.92. The molecule has 2 N–H and O–H groups in total. The van der Waals surface area contributed by atoms with Gasteiger partial charge in [0.1, 0.15) is 11.6 Å². The van der Waals surface area contributed by atoms with Gasteiger partial charge in [0, 0.05) is 0 Å². The maximum atomic E-state index is 13.6. The van der Waals surface area contributed by atoms with E-state index in [4.69, 9.17) is 16.3 Å². The third-order valence-corrected chi connectivity index (χ3v) is 5.12. The molecular weight excluding hydrogens is 371 g/mol. The molecule has 0 saturated heterocycles. The molecular formula is C16H16ClFN2O4S. The summed E-state index contributed by atoms with van der Waals surface area (Å²) in [7, 11) is -2.59. The summed E-state index contributed by atoms with van der Waals surface area (Å²) in [5.41, 5.74) is -0.0361. The molecule has 1 unspecified atom stereocenters. The summed E-state index contributed by atoms with van der Waals surface area (Å²) in [6.45, 7) is 1.35. The summed E-state index contributed by atoms with van der Waals surface area (Å²) in [5, 5.41) is 2.45. The number of carbonyl (C=O) groups excluding carboxylic acids is 1. The normalized spacial score (nSPS) is 12.5. The van der Waals surface area contributed by atoms with Crippen LogP contribution in [0.25, 0.3) is 0 Å². The minimum atomic E-state index is -4.00. The van der Waals surface area contributed by atoms with Crippen LogP contribution in [0, 0.1) is 5.82 Å². The van der Waals surface area contributed by atoms with Crippen molar-refractivity contribution in [3.8, 4) is 5.75 Å². The van der Waals surface area contributed by atoms with Crippen molar-refractivity contribution in [3.63, 3.8) is 0 Å². The van der Waals surface area contributed by atoms with Crippen LogP contribution >= 0.6 is 11.6 Å². The lowest BCUT2D eigenvalue weighted by Crippen LogP contribution is -2.41. The number of ether oxygens (including phenoxy) is 1. The number of rotatable bonds is 6. The van der Waals surface area contributed by atoms with Crippen LogP contribution in [0.15, 0.2) is 47.4 Å². The average molecular weight is 387 g/mol. The highest BCUT2D eigenvalue weighted by atomic mass is 35.5. The van der Waals surface area contributed by atoms with E-state index in [-0.39, 0.29) is 15.6 Å². The van der Waals surface area contributed by atoms with Crippen LogP contribution in [0.4, 0.5) is 10.1 Å². The predicted octanol–water partition coefficient (Wildman–Crippen LogP) is 2.79. The van der Waals surface area contributed by atoms with Crippen molar-refractivity contribution < 1.29 is 22.3 Å². The van der Waals surface area contributed by atoms with Gasteiger partial charge in [-0.3, -0.25) is 4.79 Å². The molecule has 2 aromatic carbocycles. The van der Waals surface area contributed by atoms with Crippen molar-refractivity contribution >= 4 is 33.2 Å². The second-order valence-corrected chi connectivity index (χ2v) is 7.23. The summed E-state index contributed by atoms with van der Waals surface area (Å²) < 4.78 is 45.4. The molecule has 0 saturated carbocycles. The highest BCUT2D eigenvalue weighted by Gasteiger charge is 2.23. The Morgan fingerprint density at radius 1 is 1.24 bits per heavy atom. The summed E-state index contributed by atoms with van der Waals surface area (Å²) in [6.07, 6.45) is 0. The molecule has 0 spiro atoms. The largest absolute Gasteiger partial charge is 0.495 e. The molecule has 0 radical (unpaired) electrons. The van der Waals surface area contributed by atoms with Gasteiger partial charge < -0.3 is 10.1 Å². The second kappa shape index (κ2) is 7.81. The highest BCUT2D eigenvalue weighted by molar-refractivity contribution is 7.89. The number of amides is 1. The zero-order chi connectivity index (χ0) is 18.6.